The number of fused-ring (bicyclic) bond motifs is 1. The monoisotopic (exact) mass is 949 g/mol. The van der Waals surface area contributed by atoms with E-state index in [1.165, 1.54) is 7.05 Å². The molecular weight excluding hydrogens is 898 g/mol. The zero-order chi connectivity index (χ0) is 47.2. The Labute approximate surface area is 395 Å². The van der Waals surface area contributed by atoms with Crippen LogP contribution in [0.1, 0.15) is 59.2 Å². The lowest BCUT2D eigenvalue weighted by Crippen LogP contribution is -2.54. The second kappa shape index (κ2) is 18.7. The van der Waals surface area contributed by atoms with Gasteiger partial charge in [-0.2, -0.15) is 4.98 Å². The summed E-state index contributed by atoms with van der Waals surface area (Å²) in [5.41, 5.74) is 2.34. The third-order valence-electron chi connectivity index (χ3n) is 14.1. The highest BCUT2D eigenvalue weighted by Gasteiger charge is 2.45. The first-order valence-corrected chi connectivity index (χ1v) is 23.6. The normalized spacial score (nSPS) is 20.4. The van der Waals surface area contributed by atoms with Gasteiger partial charge in [-0.3, -0.25) is 53.2 Å². The van der Waals surface area contributed by atoms with Crippen molar-refractivity contribution >= 4 is 81.1 Å². The number of nitrogens with zero attached hydrogens (tertiary/aromatic N) is 8. The first-order chi connectivity index (χ1) is 32.9. The molecule has 1 unspecified atom stereocenters. The highest BCUT2D eigenvalue weighted by molar-refractivity contribution is 6.33. The SMILES string of the molecule is CNC(=O)COc1cc2cc(Nc3nc(N4CCC(C(=O)N5CCN(CC6CCN(c7ccc8c(c7)C(=O)N(C7CCC(=O)NC7=O)C8=O)CC6)CC5)CC4)ncc3Cl)cc3c2n(c1=O)CCO3. The number of benzene rings is 2. The Morgan fingerprint density at radius 3 is 2.37 bits per heavy atom. The van der Waals surface area contributed by atoms with Crippen LogP contribution in [0.3, 0.4) is 0 Å². The summed E-state index contributed by atoms with van der Waals surface area (Å²) in [4.78, 5) is 109. The molecule has 6 aliphatic heterocycles. The number of pyridine rings is 1. The number of piperidine rings is 3. The van der Waals surface area contributed by atoms with Crippen LogP contribution in [-0.4, -0.2) is 150 Å². The third kappa shape index (κ3) is 8.77. The van der Waals surface area contributed by atoms with Gasteiger partial charge in [0.15, 0.2) is 18.2 Å². The van der Waals surface area contributed by atoms with Crippen LogP contribution in [0.2, 0.25) is 5.02 Å². The number of carbonyl (C=O) groups excluding carboxylic acids is 6. The van der Waals surface area contributed by atoms with E-state index >= 15 is 0 Å². The van der Waals surface area contributed by atoms with E-state index in [2.05, 4.69) is 35.6 Å². The number of ether oxygens (including phenoxy) is 2. The lowest BCUT2D eigenvalue weighted by molar-refractivity contribution is -0.138. The van der Waals surface area contributed by atoms with Gasteiger partial charge in [0.05, 0.1) is 29.4 Å². The molecule has 0 spiro atoms. The summed E-state index contributed by atoms with van der Waals surface area (Å²) in [5.74, 6) is -0.316. The topological polar surface area (TPSA) is 221 Å². The lowest BCUT2D eigenvalue weighted by Gasteiger charge is -2.41. The minimum Gasteiger partial charge on any atom is -0.489 e. The van der Waals surface area contributed by atoms with Crippen molar-refractivity contribution in [1.82, 2.24) is 39.9 Å². The van der Waals surface area contributed by atoms with Gasteiger partial charge in [-0.05, 0) is 68.4 Å². The van der Waals surface area contributed by atoms with Gasteiger partial charge in [-0.1, -0.05) is 11.6 Å². The number of likely N-dealkylation sites (N-methyl/N-ethyl adjacent to an activating group) is 1. The van der Waals surface area contributed by atoms with Crippen LogP contribution < -0.4 is 40.8 Å². The van der Waals surface area contributed by atoms with Crippen molar-refractivity contribution in [2.45, 2.75) is 51.1 Å². The third-order valence-corrected chi connectivity index (χ3v) is 14.3. The maximum absolute atomic E-state index is 13.8. The van der Waals surface area contributed by atoms with Crippen molar-refractivity contribution in [3.8, 4) is 11.5 Å². The summed E-state index contributed by atoms with van der Waals surface area (Å²) in [6.45, 7) is 7.16. The molecule has 68 heavy (non-hydrogen) atoms. The molecule has 0 aliphatic carbocycles. The average molecular weight is 950 g/mol. The number of hydrogen-bond donors (Lipinski definition) is 3. The van der Waals surface area contributed by atoms with Crippen molar-refractivity contribution in [3.05, 3.63) is 69.1 Å². The van der Waals surface area contributed by atoms with E-state index in [-0.39, 0.29) is 60.7 Å². The van der Waals surface area contributed by atoms with Crippen LogP contribution in [-0.2, 0) is 25.7 Å². The molecule has 4 fully saturated rings. The number of carbonyl (C=O) groups is 6. The van der Waals surface area contributed by atoms with Crippen LogP contribution in [0, 0.1) is 11.8 Å². The molecule has 4 saturated heterocycles. The molecule has 4 aromatic rings. The maximum atomic E-state index is 13.8. The fourth-order valence-corrected chi connectivity index (χ4v) is 10.4. The van der Waals surface area contributed by atoms with Gasteiger partial charge in [-0.25, -0.2) is 4.98 Å². The van der Waals surface area contributed by atoms with Gasteiger partial charge in [0.2, 0.25) is 23.7 Å². The van der Waals surface area contributed by atoms with E-state index in [1.54, 1.807) is 35.0 Å². The highest BCUT2D eigenvalue weighted by atomic mass is 35.5. The molecule has 20 nitrogen and oxygen atoms in total. The number of amides is 6. The number of halogens is 1. The molecule has 2 aromatic heterocycles. The minimum atomic E-state index is -0.991. The van der Waals surface area contributed by atoms with Crippen LogP contribution in [0.4, 0.5) is 23.1 Å². The minimum absolute atomic E-state index is 0.0588. The Balaban J connectivity index is 0.690. The van der Waals surface area contributed by atoms with Gasteiger partial charge in [-0.15, -0.1) is 0 Å². The van der Waals surface area contributed by atoms with Crippen molar-refractivity contribution < 1.29 is 38.2 Å². The molecule has 8 heterocycles. The van der Waals surface area contributed by atoms with Crippen molar-refractivity contribution in [1.29, 1.82) is 0 Å². The number of nitrogens with one attached hydrogen (secondary N) is 3. The molecular formula is C47H52ClN11O9. The van der Waals surface area contributed by atoms with Crippen LogP contribution in [0.5, 0.6) is 11.5 Å². The first-order valence-electron chi connectivity index (χ1n) is 23.3. The van der Waals surface area contributed by atoms with E-state index in [0.29, 0.717) is 96.2 Å². The standard InChI is InChI=1S/C47H52ClN11O9/c1-49-39(61)26-68-37-21-29-20-30(22-36-40(29)58(46(37)66)18-19-67-36)51-41-34(48)24-50-47(53-41)57-12-8-28(9-13-57)43(63)56-16-14-54(15-17-56)25-27-6-10-55(11-7-27)31-2-3-32-33(23-31)45(65)59(44(32)64)35-4-5-38(60)52-42(35)62/h2-3,20-24,27-28,35H,4-19,25-26H2,1H3,(H,49,61)(H,50,51,53)(H,52,60,62). The van der Waals surface area contributed by atoms with Crippen LogP contribution in [0.25, 0.3) is 10.9 Å². The summed E-state index contributed by atoms with van der Waals surface area (Å²) >= 11 is 6.61. The Morgan fingerprint density at radius 1 is 0.868 bits per heavy atom. The number of anilines is 4. The highest BCUT2D eigenvalue weighted by Crippen LogP contribution is 2.37. The molecule has 6 amide bonds. The second-order valence-electron chi connectivity index (χ2n) is 18.2. The Bertz CT molecular complexity index is 2780. The molecule has 1 atom stereocenters. The Hall–Kier alpha value is -6.80. The summed E-state index contributed by atoms with van der Waals surface area (Å²) < 4.78 is 13.1. The van der Waals surface area contributed by atoms with Crippen molar-refractivity contribution in [3.63, 3.8) is 0 Å². The smallest absolute Gasteiger partial charge is 0.293 e. The molecule has 6 aliphatic rings. The van der Waals surface area contributed by atoms with Crippen molar-refractivity contribution in [2.75, 3.05) is 94.3 Å². The molecule has 0 bridgehead atoms. The van der Waals surface area contributed by atoms with E-state index in [4.69, 9.17) is 26.1 Å². The zero-order valence-corrected chi connectivity index (χ0v) is 38.4. The number of imide groups is 2. The van der Waals surface area contributed by atoms with Crippen molar-refractivity contribution in [2.24, 2.45) is 11.8 Å². The summed E-state index contributed by atoms with van der Waals surface area (Å²) in [5, 5.41) is 9.01. The predicted octanol–water partition coefficient (Wildman–Crippen LogP) is 2.38. The lowest BCUT2D eigenvalue weighted by atomic mass is 9.94. The molecule has 0 saturated carbocycles. The van der Waals surface area contributed by atoms with E-state index < -0.39 is 29.7 Å². The summed E-state index contributed by atoms with van der Waals surface area (Å²) in [6.07, 6.45) is 5.06. The maximum Gasteiger partial charge on any atom is 0.293 e. The number of rotatable bonds is 11. The summed E-state index contributed by atoms with van der Waals surface area (Å²) in [6, 6.07) is 9.54. The van der Waals surface area contributed by atoms with Crippen LogP contribution in [0.15, 0.2) is 47.4 Å². The zero-order valence-electron chi connectivity index (χ0n) is 37.6. The van der Waals surface area contributed by atoms with E-state index in [9.17, 15) is 33.6 Å². The molecule has 356 valence electrons. The number of hydrogen-bond acceptors (Lipinski definition) is 15. The molecule has 10 rings (SSSR count). The van der Waals surface area contributed by atoms with E-state index in [0.717, 1.165) is 56.2 Å². The summed E-state index contributed by atoms with van der Waals surface area (Å²) in [7, 11) is 1.50. The molecule has 2 aromatic carbocycles. The fourth-order valence-electron chi connectivity index (χ4n) is 10.3. The van der Waals surface area contributed by atoms with Gasteiger partial charge < -0.3 is 34.8 Å². The largest absolute Gasteiger partial charge is 0.489 e. The number of aromatic nitrogens is 3. The second-order valence-corrected chi connectivity index (χ2v) is 18.6. The van der Waals surface area contributed by atoms with Gasteiger partial charge in [0.25, 0.3) is 23.3 Å². The predicted molar refractivity (Wildman–Crippen MR) is 250 cm³/mol. The van der Waals surface area contributed by atoms with Gasteiger partial charge in [0.1, 0.15) is 23.4 Å². The quantitative estimate of drug-likeness (QED) is 0.184. The van der Waals surface area contributed by atoms with Crippen LogP contribution >= 0.6 is 11.6 Å². The van der Waals surface area contributed by atoms with Gasteiger partial charge in [0, 0.05) is 101 Å². The molecule has 21 heteroatoms. The first kappa shape index (κ1) is 45.0. The average Bonchev–Trinajstić information content (AvgIpc) is 3.60. The number of piperazine rings is 1. The Kier molecular flexibility index (Phi) is 12.4. The molecule has 3 N–H and O–H groups in total. The molecule has 0 radical (unpaired) electrons. The Morgan fingerprint density at radius 2 is 1.62 bits per heavy atom. The fraction of sp³-hybridized carbons (Fsp3) is 0.468. The van der Waals surface area contributed by atoms with E-state index in [1.807, 2.05) is 17.0 Å². The van der Waals surface area contributed by atoms with Gasteiger partial charge >= 0.3 is 0 Å².